The molecule has 1 N–H and O–H groups in total. The molecule has 88 valence electrons. The summed E-state index contributed by atoms with van der Waals surface area (Å²) in [4.78, 5) is 1.13. The summed E-state index contributed by atoms with van der Waals surface area (Å²) in [5, 5.41) is 12.8. The molecule has 3 rings (SSSR count). The molecule has 0 amide bonds. The average molecular weight is 248 g/mol. The Hall–Kier alpha value is -1.19. The van der Waals surface area contributed by atoms with Crippen LogP contribution in [0.3, 0.4) is 0 Å². The van der Waals surface area contributed by atoms with Crippen molar-refractivity contribution in [1.29, 1.82) is 0 Å². The molecule has 0 bridgehead atoms. The average Bonchev–Trinajstić information content (AvgIpc) is 2.85. The molecule has 1 unspecified atom stereocenters. The van der Waals surface area contributed by atoms with Gasteiger partial charge in [0.25, 0.3) is 0 Å². The van der Waals surface area contributed by atoms with Crippen molar-refractivity contribution in [3.05, 3.63) is 57.0 Å². The van der Waals surface area contributed by atoms with E-state index in [1.54, 1.807) is 17.4 Å². The van der Waals surface area contributed by atoms with Crippen LogP contribution in [-0.2, 0) is 12.0 Å². The number of thiophene rings is 1. The fraction of sp³-hybridized carbons (Fsp3) is 0.286. The zero-order chi connectivity index (χ0) is 12.0. The van der Waals surface area contributed by atoms with Crippen molar-refractivity contribution in [1.82, 2.24) is 0 Å². The monoisotopic (exact) mass is 248 g/mol. The van der Waals surface area contributed by atoms with Crippen molar-refractivity contribution < 1.29 is 9.50 Å². The van der Waals surface area contributed by atoms with Crippen LogP contribution in [-0.4, -0.2) is 5.11 Å². The number of halogens is 1. The maximum atomic E-state index is 13.2. The summed E-state index contributed by atoms with van der Waals surface area (Å²) in [6.07, 6.45) is 1.38. The fourth-order valence-corrected chi connectivity index (χ4v) is 3.49. The Balaban J connectivity index is 2.17. The topological polar surface area (TPSA) is 20.2 Å². The van der Waals surface area contributed by atoms with E-state index >= 15 is 0 Å². The molecule has 0 saturated heterocycles. The van der Waals surface area contributed by atoms with Gasteiger partial charge in [-0.3, -0.25) is 0 Å². The van der Waals surface area contributed by atoms with Crippen LogP contribution in [0.1, 0.15) is 28.0 Å². The first-order valence-electron chi connectivity index (χ1n) is 5.67. The third-order valence-corrected chi connectivity index (χ3v) is 4.42. The summed E-state index contributed by atoms with van der Waals surface area (Å²) in [6, 6.07) is 6.65. The van der Waals surface area contributed by atoms with E-state index in [0.717, 1.165) is 28.0 Å². The lowest BCUT2D eigenvalue weighted by atomic mass is 9.88. The second kappa shape index (κ2) is 3.65. The second-order valence-electron chi connectivity index (χ2n) is 4.55. The Morgan fingerprint density at radius 3 is 2.82 bits per heavy atom. The van der Waals surface area contributed by atoms with Gasteiger partial charge in [0.15, 0.2) is 0 Å². The second-order valence-corrected chi connectivity index (χ2v) is 5.67. The van der Waals surface area contributed by atoms with Gasteiger partial charge in [0.05, 0.1) is 0 Å². The van der Waals surface area contributed by atoms with Crippen LogP contribution in [0, 0.1) is 12.7 Å². The Bertz CT molecular complexity index is 575. The van der Waals surface area contributed by atoms with Crippen LogP contribution < -0.4 is 0 Å². The molecule has 17 heavy (non-hydrogen) atoms. The number of aliphatic hydroxyl groups is 1. The highest BCUT2D eigenvalue weighted by Crippen LogP contribution is 2.44. The zero-order valence-corrected chi connectivity index (χ0v) is 10.4. The maximum Gasteiger partial charge on any atom is 0.123 e. The Morgan fingerprint density at radius 1 is 1.29 bits per heavy atom. The van der Waals surface area contributed by atoms with Gasteiger partial charge in [-0.15, -0.1) is 11.3 Å². The van der Waals surface area contributed by atoms with Crippen molar-refractivity contribution in [2.75, 3.05) is 0 Å². The Morgan fingerprint density at radius 2 is 2.12 bits per heavy atom. The lowest BCUT2D eigenvalue weighted by Gasteiger charge is -2.24. The molecule has 1 aromatic carbocycles. The van der Waals surface area contributed by atoms with Gasteiger partial charge in [-0.1, -0.05) is 6.07 Å². The van der Waals surface area contributed by atoms with Crippen LogP contribution in [0.4, 0.5) is 4.39 Å². The highest BCUT2D eigenvalue weighted by atomic mass is 32.1. The van der Waals surface area contributed by atoms with Gasteiger partial charge in [0.2, 0.25) is 0 Å². The summed E-state index contributed by atoms with van der Waals surface area (Å²) in [5.41, 5.74) is 1.83. The summed E-state index contributed by atoms with van der Waals surface area (Å²) < 4.78 is 13.2. The SMILES string of the molecule is Cc1sccc1C1(O)CCc2cc(F)ccc21. The summed E-state index contributed by atoms with van der Waals surface area (Å²) in [7, 11) is 0. The van der Waals surface area contributed by atoms with E-state index in [1.807, 2.05) is 18.4 Å². The lowest BCUT2D eigenvalue weighted by Crippen LogP contribution is -2.24. The number of hydrogen-bond donors (Lipinski definition) is 1. The maximum absolute atomic E-state index is 13.2. The molecule has 1 aliphatic carbocycles. The molecule has 1 atom stereocenters. The first-order chi connectivity index (χ1) is 8.11. The van der Waals surface area contributed by atoms with E-state index in [1.165, 1.54) is 12.1 Å². The van der Waals surface area contributed by atoms with Gasteiger partial charge in [-0.05, 0) is 54.5 Å². The minimum absolute atomic E-state index is 0.227. The smallest absolute Gasteiger partial charge is 0.123 e. The van der Waals surface area contributed by atoms with Gasteiger partial charge in [0, 0.05) is 10.4 Å². The molecule has 1 heterocycles. The summed E-state index contributed by atoms with van der Waals surface area (Å²) >= 11 is 1.63. The third kappa shape index (κ3) is 1.53. The van der Waals surface area contributed by atoms with E-state index in [-0.39, 0.29) is 5.82 Å². The highest BCUT2D eigenvalue weighted by Gasteiger charge is 2.39. The molecule has 0 spiro atoms. The number of fused-ring (bicyclic) bond motifs is 1. The molecule has 1 nitrogen and oxygen atoms in total. The molecule has 0 fully saturated rings. The molecular weight excluding hydrogens is 235 g/mol. The molecule has 2 aromatic rings. The van der Waals surface area contributed by atoms with E-state index in [2.05, 4.69) is 0 Å². The fourth-order valence-electron chi connectivity index (χ4n) is 2.72. The van der Waals surface area contributed by atoms with Crippen LogP contribution in [0.2, 0.25) is 0 Å². The zero-order valence-electron chi connectivity index (χ0n) is 9.53. The Kier molecular flexibility index (Phi) is 2.35. The number of benzene rings is 1. The van der Waals surface area contributed by atoms with E-state index in [4.69, 9.17) is 0 Å². The first-order valence-corrected chi connectivity index (χ1v) is 6.55. The van der Waals surface area contributed by atoms with Gasteiger partial charge in [-0.2, -0.15) is 0 Å². The van der Waals surface area contributed by atoms with Gasteiger partial charge in [-0.25, -0.2) is 4.39 Å². The van der Waals surface area contributed by atoms with Crippen LogP contribution >= 0.6 is 11.3 Å². The minimum Gasteiger partial charge on any atom is -0.380 e. The highest BCUT2D eigenvalue weighted by molar-refractivity contribution is 7.10. The van der Waals surface area contributed by atoms with Crippen molar-refractivity contribution in [2.45, 2.75) is 25.4 Å². The van der Waals surface area contributed by atoms with Gasteiger partial charge in [0.1, 0.15) is 11.4 Å². The normalized spacial score (nSPS) is 22.8. The van der Waals surface area contributed by atoms with Crippen LogP contribution in [0.25, 0.3) is 0 Å². The lowest BCUT2D eigenvalue weighted by molar-refractivity contribution is 0.0828. The van der Waals surface area contributed by atoms with E-state index < -0.39 is 5.60 Å². The Labute approximate surface area is 104 Å². The summed E-state index contributed by atoms with van der Waals surface area (Å²) in [6.45, 7) is 2.01. The quantitative estimate of drug-likeness (QED) is 0.820. The number of aryl methyl sites for hydroxylation is 2. The van der Waals surface area contributed by atoms with Crippen molar-refractivity contribution >= 4 is 11.3 Å². The van der Waals surface area contributed by atoms with Gasteiger partial charge >= 0.3 is 0 Å². The predicted molar refractivity (Wildman–Crippen MR) is 66.8 cm³/mol. The van der Waals surface area contributed by atoms with Crippen LogP contribution in [0.15, 0.2) is 29.6 Å². The predicted octanol–water partition coefficient (Wildman–Crippen LogP) is 3.38. The van der Waals surface area contributed by atoms with E-state index in [0.29, 0.717) is 6.42 Å². The third-order valence-electron chi connectivity index (χ3n) is 3.57. The molecule has 1 aromatic heterocycles. The number of rotatable bonds is 1. The molecule has 3 heteroatoms. The van der Waals surface area contributed by atoms with Crippen molar-refractivity contribution in [3.63, 3.8) is 0 Å². The van der Waals surface area contributed by atoms with Crippen LogP contribution in [0.5, 0.6) is 0 Å². The van der Waals surface area contributed by atoms with E-state index in [9.17, 15) is 9.50 Å². The number of hydrogen-bond acceptors (Lipinski definition) is 2. The van der Waals surface area contributed by atoms with Crippen molar-refractivity contribution in [3.8, 4) is 0 Å². The molecule has 0 radical (unpaired) electrons. The molecule has 0 saturated carbocycles. The minimum atomic E-state index is -0.923. The molecule has 1 aliphatic rings. The summed E-state index contributed by atoms with van der Waals surface area (Å²) in [5.74, 6) is -0.227. The van der Waals surface area contributed by atoms with Gasteiger partial charge < -0.3 is 5.11 Å². The first kappa shape index (κ1) is 10.9. The molecule has 0 aliphatic heterocycles. The molecular formula is C14H13FOS. The standard InChI is InChI=1S/C14H13FOS/c1-9-12(5-7-17-9)14(16)6-4-10-8-11(15)2-3-13(10)14/h2-3,5,7-8,16H,4,6H2,1H3. The van der Waals surface area contributed by atoms with Crippen molar-refractivity contribution in [2.24, 2.45) is 0 Å². The largest absolute Gasteiger partial charge is 0.380 e.